The van der Waals surface area contributed by atoms with Gasteiger partial charge in [0, 0.05) is 18.5 Å². The van der Waals surface area contributed by atoms with E-state index in [1.165, 1.54) is 0 Å². The molecule has 1 saturated heterocycles. The van der Waals surface area contributed by atoms with Gasteiger partial charge in [-0.2, -0.15) is 9.90 Å². The molecule has 7 nitrogen and oxygen atoms in total. The highest BCUT2D eigenvalue weighted by Crippen LogP contribution is 2.25. The van der Waals surface area contributed by atoms with E-state index in [2.05, 4.69) is 20.8 Å². The molecule has 0 spiro atoms. The molecule has 2 N–H and O–H groups in total. The van der Waals surface area contributed by atoms with Crippen LogP contribution in [0.15, 0.2) is 40.9 Å². The van der Waals surface area contributed by atoms with Gasteiger partial charge < -0.3 is 15.1 Å². The van der Waals surface area contributed by atoms with E-state index in [9.17, 15) is 4.79 Å². The van der Waals surface area contributed by atoms with Gasteiger partial charge in [0.25, 0.3) is 0 Å². The van der Waals surface area contributed by atoms with Crippen LogP contribution in [0.5, 0.6) is 0 Å². The SMILES string of the molecule is CC(C(=O)Nc1cnn(C2CNC2)n1)c1cc2ccccc2o1. The molecule has 1 fully saturated rings. The molecule has 3 aromatic rings. The van der Waals surface area contributed by atoms with Crippen molar-refractivity contribution in [3.63, 3.8) is 0 Å². The van der Waals surface area contributed by atoms with Crippen molar-refractivity contribution in [1.82, 2.24) is 20.3 Å². The molecule has 1 atom stereocenters. The number of aromatic nitrogens is 3. The van der Waals surface area contributed by atoms with Crippen molar-refractivity contribution in [3.8, 4) is 0 Å². The number of carbonyl (C=O) groups is 1. The molecule has 1 aliphatic rings. The minimum absolute atomic E-state index is 0.164. The smallest absolute Gasteiger partial charge is 0.236 e. The van der Waals surface area contributed by atoms with Gasteiger partial charge in [0.2, 0.25) is 5.91 Å². The van der Waals surface area contributed by atoms with E-state index in [4.69, 9.17) is 4.42 Å². The molecule has 3 heterocycles. The maximum absolute atomic E-state index is 12.4. The van der Waals surface area contributed by atoms with Crippen molar-refractivity contribution >= 4 is 22.7 Å². The molecule has 1 aromatic carbocycles. The minimum atomic E-state index is -0.405. The fourth-order valence-corrected chi connectivity index (χ4v) is 2.53. The second kappa shape index (κ2) is 5.51. The number of amides is 1. The first-order chi connectivity index (χ1) is 11.2. The van der Waals surface area contributed by atoms with Crippen LogP contribution in [0.1, 0.15) is 24.6 Å². The standard InChI is InChI=1S/C16H17N5O2/c1-10(14-6-11-4-2-3-5-13(11)23-14)16(22)19-15-9-18-21(20-15)12-7-17-8-12/h2-6,9-10,12,17H,7-8H2,1H3,(H,19,20,22). The van der Waals surface area contributed by atoms with Crippen LogP contribution in [0.2, 0.25) is 0 Å². The summed E-state index contributed by atoms with van der Waals surface area (Å²) in [6.45, 7) is 3.53. The Morgan fingerprint density at radius 3 is 3.00 bits per heavy atom. The van der Waals surface area contributed by atoms with Gasteiger partial charge in [0.1, 0.15) is 11.3 Å². The summed E-state index contributed by atoms with van der Waals surface area (Å²) in [5, 5.41) is 15.4. The second-order valence-corrected chi connectivity index (χ2v) is 5.76. The summed E-state index contributed by atoms with van der Waals surface area (Å²) in [5.74, 6) is 0.532. The van der Waals surface area contributed by atoms with Crippen molar-refractivity contribution in [1.29, 1.82) is 0 Å². The van der Waals surface area contributed by atoms with Crippen molar-refractivity contribution in [2.75, 3.05) is 18.4 Å². The Morgan fingerprint density at radius 1 is 1.43 bits per heavy atom. The second-order valence-electron chi connectivity index (χ2n) is 5.76. The number of nitrogens with zero attached hydrogens (tertiary/aromatic N) is 3. The first-order valence-corrected chi connectivity index (χ1v) is 7.62. The van der Waals surface area contributed by atoms with E-state index in [0.29, 0.717) is 11.6 Å². The highest BCUT2D eigenvalue weighted by molar-refractivity contribution is 5.95. The average Bonchev–Trinajstić information content (AvgIpc) is 3.11. The normalized spacial score (nSPS) is 16.2. The number of benzene rings is 1. The van der Waals surface area contributed by atoms with E-state index in [-0.39, 0.29) is 11.9 Å². The molecule has 1 aliphatic heterocycles. The van der Waals surface area contributed by atoms with Crippen molar-refractivity contribution in [2.45, 2.75) is 18.9 Å². The zero-order chi connectivity index (χ0) is 15.8. The summed E-state index contributed by atoms with van der Waals surface area (Å²) in [5.41, 5.74) is 0.783. The van der Waals surface area contributed by atoms with Crippen molar-refractivity contribution < 1.29 is 9.21 Å². The van der Waals surface area contributed by atoms with Gasteiger partial charge in [-0.25, -0.2) is 0 Å². The summed E-state index contributed by atoms with van der Waals surface area (Å²) in [6, 6.07) is 9.88. The Morgan fingerprint density at radius 2 is 2.26 bits per heavy atom. The highest BCUT2D eigenvalue weighted by atomic mass is 16.3. The fourth-order valence-electron chi connectivity index (χ4n) is 2.53. The summed E-state index contributed by atoms with van der Waals surface area (Å²) in [6.07, 6.45) is 1.57. The minimum Gasteiger partial charge on any atom is -0.460 e. The van der Waals surface area contributed by atoms with Crippen LogP contribution in [-0.2, 0) is 4.79 Å². The lowest BCUT2D eigenvalue weighted by Crippen LogP contribution is -2.44. The molecular weight excluding hydrogens is 294 g/mol. The maximum atomic E-state index is 12.4. The molecule has 0 radical (unpaired) electrons. The van der Waals surface area contributed by atoms with Crippen LogP contribution in [0.25, 0.3) is 11.0 Å². The number of hydrogen-bond acceptors (Lipinski definition) is 5. The highest BCUT2D eigenvalue weighted by Gasteiger charge is 2.23. The third-order valence-electron chi connectivity index (χ3n) is 4.11. The summed E-state index contributed by atoms with van der Waals surface area (Å²) in [4.78, 5) is 14.0. The lowest BCUT2D eigenvalue weighted by atomic mass is 10.1. The first kappa shape index (κ1) is 14.0. The maximum Gasteiger partial charge on any atom is 0.236 e. The molecule has 0 bridgehead atoms. The first-order valence-electron chi connectivity index (χ1n) is 7.62. The number of fused-ring (bicyclic) bond motifs is 1. The molecule has 7 heteroatoms. The number of hydrogen-bond donors (Lipinski definition) is 2. The number of rotatable bonds is 4. The quantitative estimate of drug-likeness (QED) is 0.769. The van der Waals surface area contributed by atoms with E-state index in [0.717, 1.165) is 24.1 Å². The lowest BCUT2D eigenvalue weighted by Gasteiger charge is -2.25. The number of furan rings is 1. The van der Waals surface area contributed by atoms with Crippen LogP contribution >= 0.6 is 0 Å². The van der Waals surface area contributed by atoms with Gasteiger partial charge in [-0.3, -0.25) is 4.79 Å². The van der Waals surface area contributed by atoms with Gasteiger partial charge in [-0.1, -0.05) is 18.2 Å². The van der Waals surface area contributed by atoms with E-state index in [1.54, 1.807) is 11.0 Å². The third kappa shape index (κ3) is 2.59. The topological polar surface area (TPSA) is 85.0 Å². The molecular formula is C16H17N5O2. The van der Waals surface area contributed by atoms with Gasteiger partial charge in [0.05, 0.1) is 18.2 Å². The van der Waals surface area contributed by atoms with Gasteiger partial charge >= 0.3 is 0 Å². The van der Waals surface area contributed by atoms with Crippen molar-refractivity contribution in [3.05, 3.63) is 42.3 Å². The molecule has 0 aliphatic carbocycles. The van der Waals surface area contributed by atoms with Crippen LogP contribution < -0.4 is 10.6 Å². The number of para-hydroxylation sites is 1. The van der Waals surface area contributed by atoms with Crippen LogP contribution in [-0.4, -0.2) is 34.0 Å². The summed E-state index contributed by atoms with van der Waals surface area (Å²) < 4.78 is 5.75. The molecule has 1 amide bonds. The summed E-state index contributed by atoms with van der Waals surface area (Å²) in [7, 11) is 0. The molecule has 4 rings (SSSR count). The number of nitrogens with one attached hydrogen (secondary N) is 2. The Bertz CT molecular complexity index is 816. The number of anilines is 1. The Balaban J connectivity index is 1.48. The predicted octanol–water partition coefficient (Wildman–Crippen LogP) is 1.91. The summed E-state index contributed by atoms with van der Waals surface area (Å²) >= 11 is 0. The molecule has 23 heavy (non-hydrogen) atoms. The fraction of sp³-hybridized carbons (Fsp3) is 0.312. The van der Waals surface area contributed by atoms with Gasteiger partial charge in [-0.15, -0.1) is 5.10 Å². The van der Waals surface area contributed by atoms with Crippen LogP contribution in [0.3, 0.4) is 0 Å². The zero-order valence-corrected chi connectivity index (χ0v) is 12.7. The van der Waals surface area contributed by atoms with Crippen molar-refractivity contribution in [2.24, 2.45) is 0 Å². The van der Waals surface area contributed by atoms with E-state index >= 15 is 0 Å². The Hall–Kier alpha value is -2.67. The molecule has 2 aromatic heterocycles. The monoisotopic (exact) mass is 311 g/mol. The number of carbonyl (C=O) groups excluding carboxylic acids is 1. The van der Waals surface area contributed by atoms with Gasteiger partial charge in [-0.05, 0) is 19.1 Å². The molecule has 118 valence electrons. The lowest BCUT2D eigenvalue weighted by molar-refractivity contribution is -0.117. The predicted molar refractivity (Wildman–Crippen MR) is 85.2 cm³/mol. The van der Waals surface area contributed by atoms with Crippen LogP contribution in [0, 0.1) is 0 Å². The third-order valence-corrected chi connectivity index (χ3v) is 4.11. The largest absolute Gasteiger partial charge is 0.460 e. The van der Waals surface area contributed by atoms with Gasteiger partial charge in [0.15, 0.2) is 5.82 Å². The Kier molecular flexibility index (Phi) is 3.34. The zero-order valence-electron chi connectivity index (χ0n) is 12.7. The van der Waals surface area contributed by atoms with E-state index < -0.39 is 5.92 Å². The molecule has 0 saturated carbocycles. The van der Waals surface area contributed by atoms with E-state index in [1.807, 2.05) is 37.3 Å². The van der Waals surface area contributed by atoms with Crippen LogP contribution in [0.4, 0.5) is 5.82 Å². The molecule has 1 unspecified atom stereocenters. The average molecular weight is 311 g/mol. The Labute approximate surface area is 132 Å².